The molecule has 1 aliphatic heterocycles. The number of likely N-dealkylation sites (N-methyl/N-ethyl adjacent to an activating group) is 1. The molecule has 0 aliphatic carbocycles. The second kappa shape index (κ2) is 3.97. The Kier molecular flexibility index (Phi) is 2.66. The van der Waals surface area contributed by atoms with Crippen molar-refractivity contribution < 1.29 is 14.0 Å². The van der Waals surface area contributed by atoms with Crippen LogP contribution in [0.4, 0.5) is 4.79 Å². The first kappa shape index (κ1) is 10.7. The maximum Gasteiger partial charge on any atom is 0.327 e. The van der Waals surface area contributed by atoms with E-state index in [1.165, 1.54) is 9.80 Å². The number of furan rings is 1. The van der Waals surface area contributed by atoms with Gasteiger partial charge in [-0.2, -0.15) is 0 Å². The van der Waals surface area contributed by atoms with Crippen LogP contribution < -0.4 is 5.73 Å². The molecule has 2 N–H and O–H groups in total. The zero-order valence-corrected chi connectivity index (χ0v) is 8.97. The zero-order valence-electron chi connectivity index (χ0n) is 8.97. The maximum absolute atomic E-state index is 11.6. The highest BCUT2D eigenvalue weighted by molar-refractivity contribution is 6.01. The lowest BCUT2D eigenvalue weighted by atomic mass is 10.4. The van der Waals surface area contributed by atoms with Crippen LogP contribution in [-0.4, -0.2) is 35.3 Å². The summed E-state index contributed by atoms with van der Waals surface area (Å²) in [6.45, 7) is 0.604. The third kappa shape index (κ3) is 1.79. The number of amides is 3. The Labute approximate surface area is 92.6 Å². The molecule has 1 aromatic heterocycles. The van der Waals surface area contributed by atoms with Crippen molar-refractivity contribution in [2.45, 2.75) is 13.1 Å². The molecule has 3 amide bonds. The quantitative estimate of drug-likeness (QED) is 0.739. The number of hydrogen-bond acceptors (Lipinski definition) is 4. The van der Waals surface area contributed by atoms with Gasteiger partial charge >= 0.3 is 6.03 Å². The third-order valence-corrected chi connectivity index (χ3v) is 2.46. The smallest absolute Gasteiger partial charge is 0.327 e. The second-order valence-corrected chi connectivity index (χ2v) is 3.69. The standard InChI is InChI=1S/C10H13N3O3/c1-12-6-9(14)13(10(12)15)5-8-3-2-7(4-11)16-8/h2-3H,4-6,11H2,1H3. The van der Waals surface area contributed by atoms with Crippen LogP contribution in [0.3, 0.4) is 0 Å². The van der Waals surface area contributed by atoms with Gasteiger partial charge in [0.1, 0.15) is 18.1 Å². The Morgan fingerprint density at radius 2 is 2.06 bits per heavy atom. The van der Waals surface area contributed by atoms with Crippen LogP contribution in [0.1, 0.15) is 11.5 Å². The molecule has 6 heteroatoms. The van der Waals surface area contributed by atoms with Gasteiger partial charge in [0, 0.05) is 7.05 Å². The Morgan fingerprint density at radius 1 is 1.38 bits per heavy atom. The molecule has 16 heavy (non-hydrogen) atoms. The van der Waals surface area contributed by atoms with Crippen LogP contribution in [0.2, 0.25) is 0 Å². The fraction of sp³-hybridized carbons (Fsp3) is 0.400. The molecule has 1 aliphatic rings. The van der Waals surface area contributed by atoms with Crippen LogP contribution in [0.15, 0.2) is 16.5 Å². The molecular weight excluding hydrogens is 210 g/mol. The molecule has 0 radical (unpaired) electrons. The largest absolute Gasteiger partial charge is 0.463 e. The molecular formula is C10H13N3O3. The van der Waals surface area contributed by atoms with E-state index in [-0.39, 0.29) is 25.0 Å². The Morgan fingerprint density at radius 3 is 2.56 bits per heavy atom. The van der Waals surface area contributed by atoms with E-state index in [1.54, 1.807) is 19.2 Å². The Hall–Kier alpha value is -1.82. The SMILES string of the molecule is CN1CC(=O)N(Cc2ccc(CN)o2)C1=O. The van der Waals surface area contributed by atoms with Gasteiger partial charge in [0.2, 0.25) is 0 Å². The summed E-state index contributed by atoms with van der Waals surface area (Å²) in [5.74, 6) is 0.998. The minimum absolute atomic E-state index is 0.128. The van der Waals surface area contributed by atoms with E-state index < -0.39 is 0 Å². The van der Waals surface area contributed by atoms with E-state index in [4.69, 9.17) is 10.2 Å². The van der Waals surface area contributed by atoms with Crippen molar-refractivity contribution in [3.8, 4) is 0 Å². The summed E-state index contributed by atoms with van der Waals surface area (Å²) in [5, 5.41) is 0. The van der Waals surface area contributed by atoms with E-state index in [9.17, 15) is 9.59 Å². The van der Waals surface area contributed by atoms with Crippen LogP contribution in [-0.2, 0) is 17.9 Å². The van der Waals surface area contributed by atoms with Gasteiger partial charge in [-0.15, -0.1) is 0 Å². The number of imide groups is 1. The number of carbonyl (C=O) groups is 2. The molecule has 0 unspecified atom stereocenters. The van der Waals surface area contributed by atoms with Crippen molar-refractivity contribution in [2.24, 2.45) is 5.73 Å². The number of hydrogen-bond donors (Lipinski definition) is 1. The van der Waals surface area contributed by atoms with Gasteiger partial charge < -0.3 is 15.1 Å². The zero-order chi connectivity index (χ0) is 11.7. The lowest BCUT2D eigenvalue weighted by Gasteiger charge is -2.11. The summed E-state index contributed by atoms with van der Waals surface area (Å²) < 4.78 is 5.34. The Bertz CT molecular complexity index is 427. The van der Waals surface area contributed by atoms with Crippen molar-refractivity contribution in [1.29, 1.82) is 0 Å². The monoisotopic (exact) mass is 223 g/mol. The highest BCUT2D eigenvalue weighted by atomic mass is 16.3. The lowest BCUT2D eigenvalue weighted by Crippen LogP contribution is -2.30. The predicted octanol–water partition coefficient (Wildman–Crippen LogP) is 0.132. The minimum Gasteiger partial charge on any atom is -0.463 e. The summed E-state index contributed by atoms with van der Waals surface area (Å²) in [4.78, 5) is 25.6. The third-order valence-electron chi connectivity index (χ3n) is 2.46. The van der Waals surface area contributed by atoms with Crippen LogP contribution in [0.5, 0.6) is 0 Å². The van der Waals surface area contributed by atoms with E-state index in [1.807, 2.05) is 0 Å². The lowest BCUT2D eigenvalue weighted by molar-refractivity contribution is -0.125. The first-order valence-electron chi connectivity index (χ1n) is 4.95. The number of nitrogens with two attached hydrogens (primary N) is 1. The summed E-state index contributed by atoms with van der Waals surface area (Å²) >= 11 is 0. The molecule has 0 spiro atoms. The normalized spacial score (nSPS) is 16.4. The number of carbonyl (C=O) groups excluding carboxylic acids is 2. The molecule has 1 fully saturated rings. The second-order valence-electron chi connectivity index (χ2n) is 3.69. The predicted molar refractivity (Wildman–Crippen MR) is 55.2 cm³/mol. The molecule has 1 aromatic rings. The van der Waals surface area contributed by atoms with Gasteiger partial charge in [0.25, 0.3) is 5.91 Å². The number of urea groups is 1. The molecule has 86 valence electrons. The van der Waals surface area contributed by atoms with Crippen molar-refractivity contribution in [3.05, 3.63) is 23.7 Å². The first-order chi connectivity index (χ1) is 7.61. The van der Waals surface area contributed by atoms with Crippen molar-refractivity contribution in [3.63, 3.8) is 0 Å². The topological polar surface area (TPSA) is 79.8 Å². The van der Waals surface area contributed by atoms with Gasteiger partial charge in [0.05, 0.1) is 13.1 Å². The highest BCUT2D eigenvalue weighted by Gasteiger charge is 2.33. The van der Waals surface area contributed by atoms with E-state index in [0.29, 0.717) is 18.1 Å². The average Bonchev–Trinajstić information content (AvgIpc) is 2.80. The Balaban J connectivity index is 2.09. The summed E-state index contributed by atoms with van der Waals surface area (Å²) in [7, 11) is 1.59. The molecule has 0 saturated carbocycles. The van der Waals surface area contributed by atoms with E-state index in [0.717, 1.165) is 0 Å². The molecule has 6 nitrogen and oxygen atoms in total. The van der Waals surface area contributed by atoms with Gasteiger partial charge in [0.15, 0.2) is 0 Å². The van der Waals surface area contributed by atoms with E-state index in [2.05, 4.69) is 0 Å². The van der Waals surface area contributed by atoms with Gasteiger partial charge in [-0.25, -0.2) is 4.79 Å². The van der Waals surface area contributed by atoms with Crippen LogP contribution >= 0.6 is 0 Å². The average molecular weight is 223 g/mol. The highest BCUT2D eigenvalue weighted by Crippen LogP contribution is 2.15. The van der Waals surface area contributed by atoms with Gasteiger partial charge in [-0.1, -0.05) is 0 Å². The summed E-state index contributed by atoms with van der Waals surface area (Å²) in [6, 6.07) is 3.17. The molecule has 1 saturated heterocycles. The molecule has 0 atom stereocenters. The molecule has 0 bridgehead atoms. The minimum atomic E-state index is -0.296. The van der Waals surface area contributed by atoms with Gasteiger partial charge in [-0.05, 0) is 12.1 Å². The van der Waals surface area contributed by atoms with Crippen molar-refractivity contribution >= 4 is 11.9 Å². The fourth-order valence-electron chi connectivity index (χ4n) is 1.60. The van der Waals surface area contributed by atoms with Crippen molar-refractivity contribution in [2.75, 3.05) is 13.6 Å². The van der Waals surface area contributed by atoms with Crippen molar-refractivity contribution in [1.82, 2.24) is 9.80 Å². The number of nitrogens with zero attached hydrogens (tertiary/aromatic N) is 2. The summed E-state index contributed by atoms with van der Waals surface area (Å²) in [6.07, 6.45) is 0. The maximum atomic E-state index is 11.6. The molecule has 2 rings (SSSR count). The van der Waals surface area contributed by atoms with Gasteiger partial charge in [-0.3, -0.25) is 9.69 Å². The van der Waals surface area contributed by atoms with E-state index >= 15 is 0 Å². The first-order valence-corrected chi connectivity index (χ1v) is 4.95. The van der Waals surface area contributed by atoms with Crippen LogP contribution in [0.25, 0.3) is 0 Å². The number of rotatable bonds is 3. The fourth-order valence-corrected chi connectivity index (χ4v) is 1.60. The molecule has 0 aromatic carbocycles. The van der Waals surface area contributed by atoms with Crippen LogP contribution in [0, 0.1) is 0 Å². The molecule has 2 heterocycles. The summed E-state index contributed by atoms with van der Waals surface area (Å²) in [5.41, 5.74) is 5.40.